The van der Waals surface area contributed by atoms with Crippen LogP contribution in [0.1, 0.15) is 35.9 Å². The van der Waals surface area contributed by atoms with Gasteiger partial charge in [0, 0.05) is 13.1 Å². The van der Waals surface area contributed by atoms with Gasteiger partial charge in [0.1, 0.15) is 5.69 Å². The van der Waals surface area contributed by atoms with E-state index in [1.54, 1.807) is 0 Å². The highest BCUT2D eigenvalue weighted by Gasteiger charge is 2.28. The monoisotopic (exact) mass is 329 g/mol. The number of aryl methyl sites for hydroxylation is 1. The maximum atomic E-state index is 12.1. The standard InChI is InChI=1S/C13H19N5O3.ClH/c1-2-3-10-12(18(20)21)11(17-16-10)13(19)15-8-9-4-6-14-7-5-9;/h4,14H,2-3,5-8H2,1H3,(H,15,19)(H,16,17);1H. The Kier molecular flexibility index (Phi) is 7.00. The van der Waals surface area contributed by atoms with E-state index in [9.17, 15) is 14.9 Å². The molecule has 0 saturated heterocycles. The van der Waals surface area contributed by atoms with Crippen molar-refractivity contribution in [2.75, 3.05) is 19.6 Å². The molecular weight excluding hydrogens is 310 g/mol. The van der Waals surface area contributed by atoms with Crippen LogP contribution in [-0.2, 0) is 6.42 Å². The number of H-pyrrole nitrogens is 1. The van der Waals surface area contributed by atoms with E-state index in [2.05, 4.69) is 20.8 Å². The Morgan fingerprint density at radius 3 is 2.91 bits per heavy atom. The molecule has 1 aromatic rings. The molecule has 9 heteroatoms. The van der Waals surface area contributed by atoms with Crippen molar-refractivity contribution in [3.8, 4) is 0 Å². The summed E-state index contributed by atoms with van der Waals surface area (Å²) >= 11 is 0. The zero-order chi connectivity index (χ0) is 15.2. The lowest BCUT2D eigenvalue weighted by molar-refractivity contribution is -0.385. The summed E-state index contributed by atoms with van der Waals surface area (Å²) in [6, 6.07) is 0. The van der Waals surface area contributed by atoms with Crippen LogP contribution in [0.5, 0.6) is 0 Å². The topological polar surface area (TPSA) is 113 Å². The van der Waals surface area contributed by atoms with Crippen molar-refractivity contribution in [1.29, 1.82) is 0 Å². The number of hydrogen-bond donors (Lipinski definition) is 3. The van der Waals surface area contributed by atoms with Gasteiger partial charge in [-0.2, -0.15) is 5.10 Å². The molecule has 0 unspecified atom stereocenters. The number of aromatic nitrogens is 2. The zero-order valence-electron chi connectivity index (χ0n) is 12.3. The highest BCUT2D eigenvalue weighted by molar-refractivity contribution is 5.96. The van der Waals surface area contributed by atoms with Crippen LogP contribution >= 0.6 is 12.4 Å². The van der Waals surface area contributed by atoms with Gasteiger partial charge in [0.05, 0.1) is 4.92 Å². The second kappa shape index (κ2) is 8.50. The fourth-order valence-corrected chi connectivity index (χ4v) is 2.26. The Morgan fingerprint density at radius 1 is 1.55 bits per heavy atom. The zero-order valence-corrected chi connectivity index (χ0v) is 13.2. The summed E-state index contributed by atoms with van der Waals surface area (Å²) in [5.41, 5.74) is 1.16. The first kappa shape index (κ1) is 18.1. The number of carbonyl (C=O) groups excluding carboxylic acids is 1. The Balaban J connectivity index is 0.00000242. The van der Waals surface area contributed by atoms with Gasteiger partial charge in [0.15, 0.2) is 0 Å². The Morgan fingerprint density at radius 2 is 2.32 bits per heavy atom. The molecule has 1 aromatic heterocycles. The van der Waals surface area contributed by atoms with Gasteiger partial charge in [-0.15, -0.1) is 12.4 Å². The van der Waals surface area contributed by atoms with Crippen LogP contribution in [-0.4, -0.2) is 40.7 Å². The molecule has 0 fully saturated rings. The summed E-state index contributed by atoms with van der Waals surface area (Å²) in [7, 11) is 0. The second-order valence-corrected chi connectivity index (χ2v) is 4.91. The predicted octanol–water partition coefficient (Wildman–Crippen LogP) is 1.34. The third-order valence-corrected chi connectivity index (χ3v) is 3.34. The van der Waals surface area contributed by atoms with E-state index in [0.29, 0.717) is 18.7 Å². The van der Waals surface area contributed by atoms with Gasteiger partial charge < -0.3 is 10.6 Å². The number of rotatable bonds is 6. The lowest BCUT2D eigenvalue weighted by Crippen LogP contribution is -2.30. The van der Waals surface area contributed by atoms with Gasteiger partial charge in [-0.3, -0.25) is 20.0 Å². The predicted molar refractivity (Wildman–Crippen MR) is 84.4 cm³/mol. The number of nitrogens with one attached hydrogen (secondary N) is 3. The molecule has 122 valence electrons. The molecule has 2 heterocycles. The first-order valence-electron chi connectivity index (χ1n) is 7.02. The largest absolute Gasteiger partial charge is 0.347 e. The van der Waals surface area contributed by atoms with Crippen molar-refractivity contribution < 1.29 is 9.72 Å². The number of nitro groups is 1. The number of aromatic amines is 1. The molecule has 1 aliphatic heterocycles. The Hall–Kier alpha value is -1.93. The summed E-state index contributed by atoms with van der Waals surface area (Å²) < 4.78 is 0. The van der Waals surface area contributed by atoms with Crippen molar-refractivity contribution in [2.24, 2.45) is 0 Å². The molecular formula is C13H20ClN5O3. The Bertz CT molecular complexity index is 570. The molecule has 0 radical (unpaired) electrons. The molecule has 0 spiro atoms. The number of halogens is 1. The van der Waals surface area contributed by atoms with E-state index in [1.165, 1.54) is 0 Å². The van der Waals surface area contributed by atoms with Crippen LogP contribution in [0.4, 0.5) is 5.69 Å². The summed E-state index contributed by atoms with van der Waals surface area (Å²) in [4.78, 5) is 22.7. The van der Waals surface area contributed by atoms with Gasteiger partial charge in [0.2, 0.25) is 5.69 Å². The van der Waals surface area contributed by atoms with Crippen LogP contribution in [0, 0.1) is 10.1 Å². The molecule has 2 rings (SSSR count). The third kappa shape index (κ3) is 4.28. The lowest BCUT2D eigenvalue weighted by atomic mass is 10.1. The van der Waals surface area contributed by atoms with Crippen LogP contribution in [0.15, 0.2) is 11.6 Å². The van der Waals surface area contributed by atoms with E-state index < -0.39 is 10.8 Å². The maximum absolute atomic E-state index is 12.1. The van der Waals surface area contributed by atoms with Crippen LogP contribution in [0.2, 0.25) is 0 Å². The number of nitrogens with zero attached hydrogens (tertiary/aromatic N) is 2. The van der Waals surface area contributed by atoms with E-state index in [0.717, 1.165) is 31.5 Å². The fourth-order valence-electron chi connectivity index (χ4n) is 2.26. The SMILES string of the molecule is CCCc1[nH]nc(C(=O)NCC2=CCNCC2)c1[N+](=O)[O-].Cl. The number of carbonyl (C=O) groups is 1. The molecule has 1 aliphatic rings. The normalized spacial score (nSPS) is 14.0. The molecule has 8 nitrogen and oxygen atoms in total. The van der Waals surface area contributed by atoms with Gasteiger partial charge in [-0.25, -0.2) is 0 Å². The van der Waals surface area contributed by atoms with Crippen molar-refractivity contribution in [3.05, 3.63) is 33.2 Å². The Labute approximate surface area is 134 Å². The summed E-state index contributed by atoms with van der Waals surface area (Å²) in [6.07, 6.45) is 4.12. The average molecular weight is 330 g/mol. The molecule has 22 heavy (non-hydrogen) atoms. The van der Waals surface area contributed by atoms with E-state index in [-0.39, 0.29) is 23.8 Å². The van der Waals surface area contributed by atoms with Crippen molar-refractivity contribution in [3.63, 3.8) is 0 Å². The molecule has 0 bridgehead atoms. The quantitative estimate of drug-likeness (QED) is 0.414. The molecule has 1 amide bonds. The first-order chi connectivity index (χ1) is 10.1. The van der Waals surface area contributed by atoms with Crippen LogP contribution in [0.25, 0.3) is 0 Å². The van der Waals surface area contributed by atoms with Crippen molar-refractivity contribution in [2.45, 2.75) is 26.2 Å². The molecule has 0 aliphatic carbocycles. The third-order valence-electron chi connectivity index (χ3n) is 3.34. The molecule has 3 N–H and O–H groups in total. The molecule has 0 atom stereocenters. The number of amides is 1. The molecule has 0 saturated carbocycles. The lowest BCUT2D eigenvalue weighted by Gasteiger charge is -2.14. The first-order valence-corrected chi connectivity index (χ1v) is 7.02. The maximum Gasteiger partial charge on any atom is 0.322 e. The smallest absolute Gasteiger partial charge is 0.322 e. The van der Waals surface area contributed by atoms with Gasteiger partial charge in [-0.05, 0) is 19.4 Å². The summed E-state index contributed by atoms with van der Waals surface area (Å²) in [5.74, 6) is -0.514. The van der Waals surface area contributed by atoms with Gasteiger partial charge >= 0.3 is 5.69 Å². The fraction of sp³-hybridized carbons (Fsp3) is 0.538. The van der Waals surface area contributed by atoms with Crippen molar-refractivity contribution >= 4 is 24.0 Å². The van der Waals surface area contributed by atoms with E-state index >= 15 is 0 Å². The summed E-state index contributed by atoms with van der Waals surface area (Å²) in [6.45, 7) is 3.97. The molecule has 0 aromatic carbocycles. The minimum absolute atomic E-state index is 0. The number of hydrogen-bond acceptors (Lipinski definition) is 5. The average Bonchev–Trinajstić information content (AvgIpc) is 2.90. The summed E-state index contributed by atoms with van der Waals surface area (Å²) in [5, 5.41) is 23.4. The highest BCUT2D eigenvalue weighted by Crippen LogP contribution is 2.22. The van der Waals surface area contributed by atoms with Crippen LogP contribution < -0.4 is 10.6 Å². The highest BCUT2D eigenvalue weighted by atomic mass is 35.5. The van der Waals surface area contributed by atoms with Crippen molar-refractivity contribution in [1.82, 2.24) is 20.8 Å². The van der Waals surface area contributed by atoms with Crippen LogP contribution in [0.3, 0.4) is 0 Å². The van der Waals surface area contributed by atoms with Gasteiger partial charge in [-0.1, -0.05) is 25.0 Å². The van der Waals surface area contributed by atoms with E-state index in [1.807, 2.05) is 13.0 Å². The minimum atomic E-state index is -0.548. The second-order valence-electron chi connectivity index (χ2n) is 4.91. The minimum Gasteiger partial charge on any atom is -0.347 e. The van der Waals surface area contributed by atoms with Gasteiger partial charge in [0.25, 0.3) is 5.91 Å². The van der Waals surface area contributed by atoms with E-state index in [4.69, 9.17) is 0 Å².